The van der Waals surface area contributed by atoms with Gasteiger partial charge in [0.15, 0.2) is 0 Å². The molecule has 1 heterocycles. The highest BCUT2D eigenvalue weighted by atomic mass is 14.7. The van der Waals surface area contributed by atoms with Crippen molar-refractivity contribution >= 4 is 27.5 Å². The van der Waals surface area contributed by atoms with Gasteiger partial charge in [-0.2, -0.15) is 0 Å². The van der Waals surface area contributed by atoms with Gasteiger partial charge in [-0.1, -0.05) is 134 Å². The van der Waals surface area contributed by atoms with E-state index in [1.165, 1.54) is 54.6 Å². The first-order valence-electron chi connectivity index (χ1n) is 14.9. The molecule has 3 aliphatic carbocycles. The average molecular weight is 538 g/mol. The number of benzene rings is 4. The van der Waals surface area contributed by atoms with Crippen LogP contribution in [0.2, 0.25) is 0 Å². The average Bonchev–Trinajstić information content (AvgIpc) is 3.07. The minimum atomic E-state index is 0.284. The molecule has 8 rings (SSSR count). The summed E-state index contributed by atoms with van der Waals surface area (Å²) in [6.07, 6.45) is 18.2. The fourth-order valence-corrected chi connectivity index (χ4v) is 7.14. The third kappa shape index (κ3) is 4.21. The van der Waals surface area contributed by atoms with Crippen LogP contribution in [-0.2, 0) is 0 Å². The van der Waals surface area contributed by atoms with Crippen molar-refractivity contribution in [3.8, 4) is 11.3 Å². The molecular formula is C41H31N. The van der Waals surface area contributed by atoms with Gasteiger partial charge in [-0.15, -0.1) is 0 Å². The zero-order valence-electron chi connectivity index (χ0n) is 23.4. The molecule has 5 aromatic rings. The van der Waals surface area contributed by atoms with Crippen LogP contribution in [0.3, 0.4) is 0 Å². The van der Waals surface area contributed by atoms with E-state index in [-0.39, 0.29) is 5.92 Å². The van der Waals surface area contributed by atoms with Gasteiger partial charge >= 0.3 is 0 Å². The van der Waals surface area contributed by atoms with Crippen LogP contribution in [0, 0.1) is 11.8 Å². The Kier molecular flexibility index (Phi) is 6.15. The molecule has 0 fully saturated rings. The van der Waals surface area contributed by atoms with E-state index >= 15 is 0 Å². The first kappa shape index (κ1) is 24.8. The summed E-state index contributed by atoms with van der Waals surface area (Å²) in [5, 5.41) is 5.34. The molecule has 0 amide bonds. The molecule has 0 saturated heterocycles. The highest BCUT2D eigenvalue weighted by molar-refractivity contribution is 5.96. The van der Waals surface area contributed by atoms with Gasteiger partial charge in [-0.25, -0.2) is 0 Å². The molecular weight excluding hydrogens is 506 g/mol. The number of hydrogen-bond acceptors (Lipinski definition) is 1. The molecule has 0 bridgehead atoms. The number of allylic oxidation sites excluding steroid dienone is 8. The van der Waals surface area contributed by atoms with Gasteiger partial charge in [0.25, 0.3) is 0 Å². The van der Waals surface area contributed by atoms with E-state index in [0.29, 0.717) is 5.92 Å². The van der Waals surface area contributed by atoms with Crippen LogP contribution >= 0.6 is 0 Å². The summed E-state index contributed by atoms with van der Waals surface area (Å²) in [6.45, 7) is 0. The summed E-state index contributed by atoms with van der Waals surface area (Å²) < 4.78 is 0. The lowest BCUT2D eigenvalue weighted by molar-refractivity contribution is 0.680. The first-order chi connectivity index (χ1) is 20.8. The highest BCUT2D eigenvalue weighted by Crippen LogP contribution is 2.44. The number of hydrogen-bond donors (Lipinski definition) is 0. The van der Waals surface area contributed by atoms with Crippen LogP contribution in [0.1, 0.15) is 24.0 Å². The predicted octanol–water partition coefficient (Wildman–Crippen LogP) is 8.43. The van der Waals surface area contributed by atoms with E-state index < -0.39 is 0 Å². The summed E-state index contributed by atoms with van der Waals surface area (Å²) in [4.78, 5) is 4.68. The molecule has 2 unspecified atom stereocenters. The molecule has 42 heavy (non-hydrogen) atoms. The number of pyridine rings is 1. The Bertz CT molecular complexity index is 2080. The van der Waals surface area contributed by atoms with Gasteiger partial charge in [0.05, 0.1) is 5.69 Å². The van der Waals surface area contributed by atoms with Crippen molar-refractivity contribution in [3.63, 3.8) is 0 Å². The monoisotopic (exact) mass is 537 g/mol. The van der Waals surface area contributed by atoms with Crippen LogP contribution in [-0.4, -0.2) is 4.98 Å². The molecule has 0 spiro atoms. The Morgan fingerprint density at radius 1 is 0.619 bits per heavy atom. The van der Waals surface area contributed by atoms with Crippen molar-refractivity contribution < 1.29 is 0 Å². The Morgan fingerprint density at radius 2 is 1.33 bits per heavy atom. The molecule has 1 heteroatoms. The summed E-state index contributed by atoms with van der Waals surface area (Å²) in [5.74, 6) is 0.577. The number of nitrogens with zero attached hydrogens (tertiary/aromatic N) is 1. The smallest absolute Gasteiger partial charge is 0.0708 e. The zero-order chi connectivity index (χ0) is 27.9. The van der Waals surface area contributed by atoms with Gasteiger partial charge < -0.3 is 0 Å². The fraction of sp³-hybridized carbons (Fsp3) is 0.0976. The van der Waals surface area contributed by atoms with Crippen molar-refractivity contribution in [1.29, 1.82) is 0 Å². The van der Waals surface area contributed by atoms with E-state index in [1.807, 2.05) is 6.20 Å². The molecule has 1 nitrogen and oxygen atoms in total. The van der Waals surface area contributed by atoms with Crippen LogP contribution < -0.4 is 10.4 Å². The maximum absolute atomic E-state index is 4.68. The minimum absolute atomic E-state index is 0.284. The van der Waals surface area contributed by atoms with Crippen molar-refractivity contribution in [2.24, 2.45) is 11.8 Å². The Balaban J connectivity index is 1.33. The van der Waals surface area contributed by atoms with E-state index in [4.69, 9.17) is 0 Å². The van der Waals surface area contributed by atoms with Gasteiger partial charge in [0.1, 0.15) is 0 Å². The molecule has 1 aromatic heterocycles. The number of rotatable bonds is 4. The highest BCUT2D eigenvalue weighted by Gasteiger charge is 2.33. The van der Waals surface area contributed by atoms with E-state index in [2.05, 4.69) is 151 Å². The van der Waals surface area contributed by atoms with E-state index in [0.717, 1.165) is 24.1 Å². The first-order valence-corrected chi connectivity index (χ1v) is 14.9. The van der Waals surface area contributed by atoms with Crippen molar-refractivity contribution in [2.75, 3.05) is 0 Å². The summed E-state index contributed by atoms with van der Waals surface area (Å²) >= 11 is 0. The van der Waals surface area contributed by atoms with Gasteiger partial charge in [0.2, 0.25) is 0 Å². The zero-order valence-corrected chi connectivity index (χ0v) is 23.4. The number of fused-ring (bicyclic) bond motifs is 3. The number of aromatic nitrogens is 1. The lowest BCUT2D eigenvalue weighted by Gasteiger charge is -2.35. The second-order valence-corrected chi connectivity index (χ2v) is 11.4. The third-order valence-electron chi connectivity index (χ3n) is 9.01. The Labute approximate surface area is 246 Å². The van der Waals surface area contributed by atoms with Gasteiger partial charge in [-0.3, -0.25) is 4.98 Å². The maximum atomic E-state index is 4.68. The minimum Gasteiger partial charge on any atom is -0.256 e. The van der Waals surface area contributed by atoms with E-state index in [9.17, 15) is 0 Å². The SMILES string of the molecule is C1=CC2C(C3=CC(c4ccnc(-c5ccccc5)c4)=CCC3)=c3ccccc3=C(c3cccc4ccccc34)C2C=C1. The molecule has 4 aromatic carbocycles. The lowest BCUT2D eigenvalue weighted by atomic mass is 9.68. The lowest BCUT2D eigenvalue weighted by Crippen LogP contribution is -2.40. The summed E-state index contributed by atoms with van der Waals surface area (Å²) in [6, 6.07) is 39.5. The predicted molar refractivity (Wildman–Crippen MR) is 176 cm³/mol. The topological polar surface area (TPSA) is 12.9 Å². The van der Waals surface area contributed by atoms with Crippen molar-refractivity contribution in [3.05, 3.63) is 179 Å². The van der Waals surface area contributed by atoms with Crippen molar-refractivity contribution in [2.45, 2.75) is 12.8 Å². The van der Waals surface area contributed by atoms with Crippen LogP contribution in [0.4, 0.5) is 0 Å². The molecule has 3 aliphatic rings. The molecule has 2 atom stereocenters. The summed E-state index contributed by atoms with van der Waals surface area (Å²) in [5.41, 5.74) is 10.4. The molecule has 0 aliphatic heterocycles. The van der Waals surface area contributed by atoms with Crippen LogP contribution in [0.15, 0.2) is 157 Å². The van der Waals surface area contributed by atoms with Gasteiger partial charge in [0, 0.05) is 23.6 Å². The van der Waals surface area contributed by atoms with Gasteiger partial charge in [-0.05, 0) is 79.6 Å². The normalized spacial score (nSPS) is 19.2. The molecule has 200 valence electrons. The third-order valence-corrected chi connectivity index (χ3v) is 9.01. The standard InChI is InChI=1S/C41H31N/c1-2-13-29(14-3-1)39-27-31(24-25-42-39)30-16-10-17-32(26-30)40-35-19-6-8-21-37(35)41(38-22-9-7-20-36(38)40)34-23-11-15-28-12-4-5-18-33(28)34/h1-9,11-16,18-27,35,37H,10,17H2. The molecule has 0 saturated carbocycles. The second kappa shape index (κ2) is 10.4. The largest absolute Gasteiger partial charge is 0.256 e. The summed E-state index contributed by atoms with van der Waals surface area (Å²) in [7, 11) is 0. The van der Waals surface area contributed by atoms with Crippen molar-refractivity contribution in [1.82, 2.24) is 4.98 Å². The van der Waals surface area contributed by atoms with Crippen LogP contribution in [0.25, 0.3) is 38.7 Å². The second-order valence-electron chi connectivity index (χ2n) is 11.4. The Hall–Kier alpha value is -5.01. The quantitative estimate of drug-likeness (QED) is 0.224. The Morgan fingerprint density at radius 3 is 2.19 bits per heavy atom. The van der Waals surface area contributed by atoms with E-state index in [1.54, 1.807) is 0 Å². The van der Waals surface area contributed by atoms with Crippen LogP contribution in [0.5, 0.6) is 0 Å². The fourth-order valence-electron chi connectivity index (χ4n) is 7.14. The maximum Gasteiger partial charge on any atom is 0.0708 e. The molecule has 0 radical (unpaired) electrons. The molecule has 0 N–H and O–H groups in total.